The Morgan fingerprint density at radius 1 is 1.11 bits per heavy atom. The number of carbonyl (C=O) groups excluding carboxylic acids is 4. The molecule has 2 atom stereocenters. The van der Waals surface area contributed by atoms with Gasteiger partial charge in [0.25, 0.3) is 11.8 Å². The van der Waals surface area contributed by atoms with Gasteiger partial charge in [0.15, 0.2) is 5.82 Å². The number of imidazole rings is 1. The van der Waals surface area contributed by atoms with Crippen molar-refractivity contribution < 1.29 is 29.0 Å². The van der Waals surface area contributed by atoms with Crippen LogP contribution in [0.3, 0.4) is 0 Å². The van der Waals surface area contributed by atoms with Gasteiger partial charge < -0.3 is 30.8 Å². The van der Waals surface area contributed by atoms with Gasteiger partial charge in [0.05, 0.1) is 18.1 Å². The van der Waals surface area contributed by atoms with Gasteiger partial charge in [-0.2, -0.15) is 0 Å². The molecule has 0 unspecified atom stereocenters. The number of Topliss-reactive ketones (excluding diaryl/α,β-unsaturated/α-hetero) is 1. The molecule has 1 aromatic carbocycles. The number of fused-ring (bicyclic) bond motifs is 1. The lowest BCUT2D eigenvalue weighted by Gasteiger charge is -2.23. The summed E-state index contributed by atoms with van der Waals surface area (Å²) in [6.45, 7) is 3.75. The van der Waals surface area contributed by atoms with Crippen molar-refractivity contribution >= 4 is 34.5 Å². The zero-order chi connectivity index (χ0) is 27.1. The van der Waals surface area contributed by atoms with Gasteiger partial charge >= 0.3 is 0 Å². The number of benzene rings is 1. The molecule has 3 rings (SSSR count). The van der Waals surface area contributed by atoms with E-state index in [2.05, 4.69) is 30.9 Å². The second-order valence-electron chi connectivity index (χ2n) is 8.82. The summed E-state index contributed by atoms with van der Waals surface area (Å²) in [7, 11) is 2.82. The van der Waals surface area contributed by atoms with Gasteiger partial charge in [-0.3, -0.25) is 19.2 Å². The third-order valence-electron chi connectivity index (χ3n) is 5.61. The molecule has 0 saturated heterocycles. The molecule has 196 valence electrons. The highest BCUT2D eigenvalue weighted by molar-refractivity contribution is 6.38. The molecule has 0 fully saturated rings. The Kier molecular flexibility index (Phi) is 8.77. The minimum Gasteiger partial charge on any atom is -0.497 e. The average Bonchev–Trinajstić information content (AvgIpc) is 3.31. The van der Waals surface area contributed by atoms with Crippen molar-refractivity contribution in [3.05, 3.63) is 47.9 Å². The number of nitrogens with zero attached hydrogens (tertiary/aromatic N) is 2. The molecule has 3 amide bonds. The number of aromatic amines is 1. The summed E-state index contributed by atoms with van der Waals surface area (Å²) in [5.41, 5.74) is 1.40. The van der Waals surface area contributed by atoms with Gasteiger partial charge in [-0.1, -0.05) is 19.9 Å². The number of carbonyl (C=O) groups is 4. The van der Waals surface area contributed by atoms with E-state index in [-0.39, 0.29) is 36.0 Å². The minimum atomic E-state index is -1.30. The van der Waals surface area contributed by atoms with Crippen molar-refractivity contribution in [2.45, 2.75) is 38.8 Å². The second kappa shape index (κ2) is 12.0. The number of nitrogens with one attached hydrogen (secondary N) is 4. The molecular formula is C25H30N6O6. The SMILES string of the molecule is CNC(=O)C(=O)[C@H](Cc1cccnc1O)NC(=O)[C@H](CC(C)C)NC(=O)c1nc2cc(OC)ccc2[nH]1. The van der Waals surface area contributed by atoms with E-state index in [0.29, 0.717) is 16.8 Å². The molecule has 0 spiro atoms. The van der Waals surface area contributed by atoms with E-state index in [0.717, 1.165) is 0 Å². The van der Waals surface area contributed by atoms with Gasteiger partial charge in [-0.15, -0.1) is 0 Å². The lowest BCUT2D eigenvalue weighted by atomic mass is 9.99. The molecule has 0 radical (unpaired) electrons. The Labute approximate surface area is 213 Å². The molecule has 0 aliphatic heterocycles. The predicted molar refractivity (Wildman–Crippen MR) is 134 cm³/mol. The Bertz CT molecular complexity index is 1300. The highest BCUT2D eigenvalue weighted by atomic mass is 16.5. The molecule has 0 aliphatic carbocycles. The molecule has 5 N–H and O–H groups in total. The quantitative estimate of drug-likeness (QED) is 0.236. The highest BCUT2D eigenvalue weighted by Crippen LogP contribution is 2.19. The first kappa shape index (κ1) is 27.1. The molecule has 12 nitrogen and oxygen atoms in total. The van der Waals surface area contributed by atoms with Gasteiger partial charge in [-0.25, -0.2) is 9.97 Å². The topological polar surface area (TPSA) is 175 Å². The minimum absolute atomic E-state index is 0.00285. The number of H-pyrrole nitrogens is 1. The summed E-state index contributed by atoms with van der Waals surface area (Å²) in [6.07, 6.45) is 1.45. The second-order valence-corrected chi connectivity index (χ2v) is 8.82. The third kappa shape index (κ3) is 6.81. The zero-order valence-corrected chi connectivity index (χ0v) is 21.0. The first-order valence-corrected chi connectivity index (χ1v) is 11.7. The number of hydrogen-bond donors (Lipinski definition) is 5. The van der Waals surface area contributed by atoms with Gasteiger partial charge in [-0.05, 0) is 30.5 Å². The fraction of sp³-hybridized carbons (Fsp3) is 0.360. The molecule has 2 heterocycles. The number of ketones is 1. The third-order valence-corrected chi connectivity index (χ3v) is 5.61. The fourth-order valence-corrected chi connectivity index (χ4v) is 3.72. The Hall–Kier alpha value is -4.48. The van der Waals surface area contributed by atoms with Crippen molar-refractivity contribution in [2.75, 3.05) is 14.2 Å². The van der Waals surface area contributed by atoms with E-state index in [9.17, 15) is 24.3 Å². The summed E-state index contributed by atoms with van der Waals surface area (Å²) >= 11 is 0. The molecule has 37 heavy (non-hydrogen) atoms. The molecule has 3 aromatic rings. The first-order chi connectivity index (χ1) is 17.6. The van der Waals surface area contributed by atoms with E-state index < -0.39 is 35.6 Å². The fourth-order valence-electron chi connectivity index (χ4n) is 3.72. The van der Waals surface area contributed by atoms with Crippen LogP contribution in [0.4, 0.5) is 0 Å². The Morgan fingerprint density at radius 3 is 2.51 bits per heavy atom. The number of amides is 3. The Balaban J connectivity index is 1.82. The molecule has 0 bridgehead atoms. The van der Waals surface area contributed by atoms with Crippen LogP contribution < -0.4 is 20.7 Å². The smallest absolute Gasteiger partial charge is 0.289 e. The molecule has 2 aromatic heterocycles. The van der Waals surface area contributed by atoms with Gasteiger partial charge in [0, 0.05) is 31.3 Å². The van der Waals surface area contributed by atoms with Crippen LogP contribution in [0.25, 0.3) is 11.0 Å². The van der Waals surface area contributed by atoms with Crippen LogP contribution in [0.1, 0.15) is 36.5 Å². The molecule has 0 aliphatic rings. The van der Waals surface area contributed by atoms with E-state index in [1.54, 1.807) is 24.3 Å². The normalized spacial score (nSPS) is 12.6. The maximum Gasteiger partial charge on any atom is 0.289 e. The lowest BCUT2D eigenvalue weighted by Crippen LogP contribution is -2.54. The summed E-state index contributed by atoms with van der Waals surface area (Å²) in [5, 5.41) is 17.5. The number of methoxy groups -OCH3 is 1. The van der Waals surface area contributed by atoms with Gasteiger partial charge in [0.2, 0.25) is 17.6 Å². The monoisotopic (exact) mass is 510 g/mol. The number of likely N-dealkylation sites (N-methyl/N-ethyl adjacent to an activating group) is 1. The van der Waals surface area contributed by atoms with Crippen molar-refractivity contribution in [1.29, 1.82) is 0 Å². The number of ether oxygens (including phenoxy) is 1. The number of pyridine rings is 1. The molecule has 12 heteroatoms. The van der Waals surface area contributed by atoms with Crippen LogP contribution in [0.2, 0.25) is 0 Å². The van der Waals surface area contributed by atoms with Crippen molar-refractivity contribution in [1.82, 2.24) is 30.9 Å². The standard InChI is InChI=1S/C25H30N6O6/c1-13(2)10-19(31-25(36)21-28-16-8-7-15(37-4)12-17(16)29-21)23(34)30-18(20(32)24(35)26-3)11-14-6-5-9-27-22(14)33/h5-9,12-13,18-19H,10-11H2,1-4H3,(H,26,35)(H,27,33)(H,28,29)(H,30,34)(H,31,36)/t18-,19-/m0/s1. The van der Waals surface area contributed by atoms with E-state index >= 15 is 0 Å². The van der Waals surface area contributed by atoms with Crippen LogP contribution in [0, 0.1) is 5.92 Å². The Morgan fingerprint density at radius 2 is 1.86 bits per heavy atom. The lowest BCUT2D eigenvalue weighted by molar-refractivity contribution is -0.140. The van der Waals surface area contributed by atoms with Crippen molar-refractivity contribution in [3.8, 4) is 11.6 Å². The van der Waals surface area contributed by atoms with Crippen LogP contribution >= 0.6 is 0 Å². The summed E-state index contributed by atoms with van der Waals surface area (Å²) in [5.74, 6) is -2.82. The van der Waals surface area contributed by atoms with Crippen molar-refractivity contribution in [3.63, 3.8) is 0 Å². The van der Waals surface area contributed by atoms with E-state index in [1.165, 1.54) is 26.4 Å². The van der Waals surface area contributed by atoms with Crippen molar-refractivity contribution in [2.24, 2.45) is 5.92 Å². The number of rotatable bonds is 11. The van der Waals surface area contributed by atoms with Crippen LogP contribution in [-0.4, -0.2) is 69.8 Å². The van der Waals surface area contributed by atoms with Crippen LogP contribution in [0.5, 0.6) is 11.6 Å². The largest absolute Gasteiger partial charge is 0.497 e. The summed E-state index contributed by atoms with van der Waals surface area (Å²) in [4.78, 5) is 62.0. The van der Waals surface area contributed by atoms with E-state index in [4.69, 9.17) is 4.74 Å². The van der Waals surface area contributed by atoms with Crippen LogP contribution in [-0.2, 0) is 20.8 Å². The maximum absolute atomic E-state index is 13.3. The molecular weight excluding hydrogens is 480 g/mol. The number of aromatic nitrogens is 3. The average molecular weight is 511 g/mol. The predicted octanol–water partition coefficient (Wildman–Crippen LogP) is 0.859. The molecule has 0 saturated carbocycles. The summed E-state index contributed by atoms with van der Waals surface area (Å²) < 4.78 is 5.18. The highest BCUT2D eigenvalue weighted by Gasteiger charge is 2.31. The zero-order valence-electron chi connectivity index (χ0n) is 21.0. The van der Waals surface area contributed by atoms with Gasteiger partial charge in [0.1, 0.15) is 17.8 Å². The number of hydrogen-bond acceptors (Lipinski definition) is 8. The summed E-state index contributed by atoms with van der Waals surface area (Å²) in [6, 6.07) is 5.88. The van der Waals surface area contributed by atoms with Crippen LogP contribution in [0.15, 0.2) is 36.5 Å². The maximum atomic E-state index is 13.3. The first-order valence-electron chi connectivity index (χ1n) is 11.7. The van der Waals surface area contributed by atoms with E-state index in [1.807, 2.05) is 13.8 Å². The number of aromatic hydroxyl groups is 1.